The molecule has 1 aliphatic carbocycles. The first-order chi connectivity index (χ1) is 8.40. The number of hydrogen-bond donors (Lipinski definition) is 1. The average molecular weight is 270 g/mol. The number of benzene rings is 1. The molecule has 2 unspecified atom stereocenters. The highest BCUT2D eigenvalue weighted by atomic mass is 35.5. The van der Waals surface area contributed by atoms with Crippen molar-refractivity contribution in [3.63, 3.8) is 0 Å². The number of rotatable bonds is 3. The minimum Gasteiger partial charge on any atom is -0.327 e. The second kappa shape index (κ2) is 5.18. The fraction of sp³-hybridized carbons (Fsp3) is 0.600. The van der Waals surface area contributed by atoms with E-state index in [-0.39, 0.29) is 11.9 Å². The molecule has 0 radical (unpaired) electrons. The SMILES string of the molecule is CC1(C)CCCC1C(N)Cc1cc(F)ccc1Cl. The first kappa shape index (κ1) is 13.8. The van der Waals surface area contributed by atoms with E-state index < -0.39 is 0 Å². The molecule has 0 aliphatic heterocycles. The normalized spacial score (nSPS) is 24.2. The summed E-state index contributed by atoms with van der Waals surface area (Å²) in [5.74, 6) is 0.254. The maximum atomic E-state index is 13.2. The monoisotopic (exact) mass is 269 g/mol. The van der Waals surface area contributed by atoms with Crippen LogP contribution in [0.15, 0.2) is 18.2 Å². The zero-order valence-electron chi connectivity index (χ0n) is 11.0. The standard InChI is InChI=1S/C15H21ClFN/c1-15(2)7-3-4-12(15)14(18)9-10-8-11(17)5-6-13(10)16/h5-6,8,12,14H,3-4,7,9,18H2,1-2H3. The van der Waals surface area contributed by atoms with Crippen LogP contribution < -0.4 is 5.73 Å². The van der Waals surface area contributed by atoms with Gasteiger partial charge in [0, 0.05) is 11.1 Å². The average Bonchev–Trinajstić information content (AvgIpc) is 2.63. The molecule has 1 fully saturated rings. The van der Waals surface area contributed by atoms with Crippen LogP contribution in [0.5, 0.6) is 0 Å². The van der Waals surface area contributed by atoms with Crippen LogP contribution in [0, 0.1) is 17.2 Å². The summed E-state index contributed by atoms with van der Waals surface area (Å²) < 4.78 is 13.2. The van der Waals surface area contributed by atoms with Crippen molar-refractivity contribution >= 4 is 11.6 Å². The highest BCUT2D eigenvalue weighted by Crippen LogP contribution is 2.44. The van der Waals surface area contributed by atoms with Gasteiger partial charge in [0.15, 0.2) is 0 Å². The number of halogens is 2. The van der Waals surface area contributed by atoms with Gasteiger partial charge in [-0.2, -0.15) is 0 Å². The van der Waals surface area contributed by atoms with Crippen LogP contribution in [0.25, 0.3) is 0 Å². The third kappa shape index (κ3) is 2.86. The molecule has 0 heterocycles. The summed E-state index contributed by atoms with van der Waals surface area (Å²) in [6.07, 6.45) is 4.29. The summed E-state index contributed by atoms with van der Waals surface area (Å²) in [6, 6.07) is 4.56. The van der Waals surface area contributed by atoms with Gasteiger partial charge in [0.05, 0.1) is 0 Å². The van der Waals surface area contributed by atoms with Crippen LogP contribution in [0.4, 0.5) is 4.39 Å². The highest BCUT2D eigenvalue weighted by Gasteiger charge is 2.38. The molecule has 3 heteroatoms. The predicted octanol–water partition coefficient (Wildman–Crippen LogP) is 4.18. The van der Waals surface area contributed by atoms with Crippen LogP contribution >= 0.6 is 11.6 Å². The zero-order chi connectivity index (χ0) is 13.3. The van der Waals surface area contributed by atoms with Crippen LogP contribution in [-0.4, -0.2) is 6.04 Å². The van der Waals surface area contributed by atoms with Crippen molar-refractivity contribution in [1.82, 2.24) is 0 Å². The van der Waals surface area contributed by atoms with E-state index in [1.165, 1.54) is 31.4 Å². The van der Waals surface area contributed by atoms with Gasteiger partial charge < -0.3 is 5.73 Å². The summed E-state index contributed by atoms with van der Waals surface area (Å²) in [4.78, 5) is 0. The minimum atomic E-state index is -0.243. The van der Waals surface area contributed by atoms with E-state index in [2.05, 4.69) is 13.8 Å². The Morgan fingerprint density at radius 3 is 2.83 bits per heavy atom. The van der Waals surface area contributed by atoms with Gasteiger partial charge in [-0.3, -0.25) is 0 Å². The lowest BCUT2D eigenvalue weighted by Gasteiger charge is -2.32. The van der Waals surface area contributed by atoms with Crippen molar-refractivity contribution in [2.45, 2.75) is 45.6 Å². The Balaban J connectivity index is 2.11. The van der Waals surface area contributed by atoms with Crippen molar-refractivity contribution in [2.24, 2.45) is 17.1 Å². The van der Waals surface area contributed by atoms with Gasteiger partial charge in [0.1, 0.15) is 5.82 Å². The molecular weight excluding hydrogens is 249 g/mol. The molecule has 100 valence electrons. The van der Waals surface area contributed by atoms with Gasteiger partial charge in [-0.25, -0.2) is 4.39 Å². The first-order valence-corrected chi connectivity index (χ1v) is 6.97. The molecule has 1 aliphatic rings. The van der Waals surface area contributed by atoms with Gasteiger partial charge >= 0.3 is 0 Å². The third-order valence-corrected chi connectivity index (χ3v) is 4.69. The molecule has 0 bridgehead atoms. The van der Waals surface area contributed by atoms with Crippen molar-refractivity contribution in [1.29, 1.82) is 0 Å². The molecule has 1 aromatic carbocycles. The summed E-state index contributed by atoms with van der Waals surface area (Å²) >= 11 is 6.10. The van der Waals surface area contributed by atoms with E-state index in [0.717, 1.165) is 5.56 Å². The maximum absolute atomic E-state index is 13.2. The maximum Gasteiger partial charge on any atom is 0.123 e. The topological polar surface area (TPSA) is 26.0 Å². The van der Waals surface area contributed by atoms with E-state index in [1.807, 2.05) is 0 Å². The highest BCUT2D eigenvalue weighted by molar-refractivity contribution is 6.31. The van der Waals surface area contributed by atoms with Gasteiger partial charge in [-0.05, 0) is 54.4 Å². The van der Waals surface area contributed by atoms with E-state index in [4.69, 9.17) is 17.3 Å². The molecule has 2 atom stereocenters. The molecule has 0 aromatic heterocycles. The van der Waals surface area contributed by atoms with E-state index >= 15 is 0 Å². The lowest BCUT2D eigenvalue weighted by atomic mass is 9.76. The summed E-state index contributed by atoms with van der Waals surface area (Å²) in [5.41, 5.74) is 7.44. The van der Waals surface area contributed by atoms with Crippen LogP contribution in [0.1, 0.15) is 38.7 Å². The fourth-order valence-corrected chi connectivity index (χ4v) is 3.44. The van der Waals surface area contributed by atoms with Gasteiger partial charge in [-0.1, -0.05) is 31.9 Å². The smallest absolute Gasteiger partial charge is 0.123 e. The minimum absolute atomic E-state index is 0.0572. The lowest BCUT2D eigenvalue weighted by Crippen LogP contribution is -2.38. The molecule has 1 aromatic rings. The van der Waals surface area contributed by atoms with Gasteiger partial charge in [0.2, 0.25) is 0 Å². The Morgan fingerprint density at radius 1 is 1.50 bits per heavy atom. The molecule has 2 N–H and O–H groups in total. The molecule has 2 rings (SSSR count). The lowest BCUT2D eigenvalue weighted by molar-refractivity contribution is 0.220. The zero-order valence-corrected chi connectivity index (χ0v) is 11.8. The predicted molar refractivity (Wildman–Crippen MR) is 74.2 cm³/mol. The van der Waals surface area contributed by atoms with Crippen molar-refractivity contribution in [3.05, 3.63) is 34.6 Å². The molecule has 1 saturated carbocycles. The second-order valence-electron chi connectivity index (χ2n) is 6.09. The van der Waals surface area contributed by atoms with Crippen molar-refractivity contribution < 1.29 is 4.39 Å². The quantitative estimate of drug-likeness (QED) is 0.875. The van der Waals surface area contributed by atoms with Crippen LogP contribution in [0.2, 0.25) is 5.02 Å². The van der Waals surface area contributed by atoms with Crippen LogP contribution in [-0.2, 0) is 6.42 Å². The third-order valence-electron chi connectivity index (χ3n) is 4.32. The number of hydrogen-bond acceptors (Lipinski definition) is 1. The fourth-order valence-electron chi connectivity index (χ4n) is 3.24. The largest absolute Gasteiger partial charge is 0.327 e. The molecule has 0 saturated heterocycles. The molecular formula is C15H21ClFN. The Morgan fingerprint density at radius 2 is 2.22 bits per heavy atom. The van der Waals surface area contributed by atoms with Gasteiger partial charge in [0.25, 0.3) is 0 Å². The summed E-state index contributed by atoms with van der Waals surface area (Å²) in [6.45, 7) is 4.55. The molecule has 1 nitrogen and oxygen atoms in total. The summed E-state index contributed by atoms with van der Waals surface area (Å²) in [7, 11) is 0. The van der Waals surface area contributed by atoms with Crippen LogP contribution in [0.3, 0.4) is 0 Å². The Kier molecular flexibility index (Phi) is 3.98. The Labute approximate surface area is 114 Å². The van der Waals surface area contributed by atoms with E-state index in [0.29, 0.717) is 22.8 Å². The molecule has 18 heavy (non-hydrogen) atoms. The molecule has 0 spiro atoms. The van der Waals surface area contributed by atoms with Crippen molar-refractivity contribution in [2.75, 3.05) is 0 Å². The first-order valence-electron chi connectivity index (χ1n) is 6.59. The van der Waals surface area contributed by atoms with Crippen molar-refractivity contribution in [3.8, 4) is 0 Å². The number of nitrogens with two attached hydrogens (primary N) is 1. The molecule has 0 amide bonds. The Bertz CT molecular complexity index is 431. The van der Waals surface area contributed by atoms with Gasteiger partial charge in [-0.15, -0.1) is 0 Å². The Hall–Kier alpha value is -0.600. The second-order valence-corrected chi connectivity index (χ2v) is 6.50. The summed E-state index contributed by atoms with van der Waals surface area (Å²) in [5, 5.41) is 0.614. The van der Waals surface area contributed by atoms with E-state index in [1.54, 1.807) is 6.07 Å². The van der Waals surface area contributed by atoms with E-state index in [9.17, 15) is 4.39 Å².